The molecule has 3 N–H and O–H groups in total. The van der Waals surface area contributed by atoms with Gasteiger partial charge in [0, 0.05) is 12.6 Å². The van der Waals surface area contributed by atoms with Crippen molar-refractivity contribution in [2.24, 2.45) is 5.73 Å². The first-order valence-electron chi connectivity index (χ1n) is 6.63. The van der Waals surface area contributed by atoms with Crippen LogP contribution in [0, 0.1) is 6.92 Å². The van der Waals surface area contributed by atoms with Crippen LogP contribution in [0.2, 0.25) is 0 Å². The highest BCUT2D eigenvalue weighted by molar-refractivity contribution is 5.48. The zero-order valence-corrected chi connectivity index (χ0v) is 11.6. The predicted molar refractivity (Wildman–Crippen MR) is 73.9 cm³/mol. The van der Waals surface area contributed by atoms with Crippen molar-refractivity contribution in [3.05, 3.63) is 11.9 Å². The molecular formula is C13H24N4O. The molecule has 1 rings (SSSR count). The Morgan fingerprint density at radius 2 is 2.17 bits per heavy atom. The second kappa shape index (κ2) is 7.87. The van der Waals surface area contributed by atoms with Gasteiger partial charge in [-0.25, -0.2) is 9.97 Å². The van der Waals surface area contributed by atoms with Crippen LogP contribution in [0.5, 0.6) is 5.88 Å². The van der Waals surface area contributed by atoms with Crippen molar-refractivity contribution >= 4 is 5.82 Å². The van der Waals surface area contributed by atoms with Crippen LogP contribution < -0.4 is 15.8 Å². The Bertz CT molecular complexity index is 357. The third kappa shape index (κ3) is 4.14. The molecule has 0 aromatic carbocycles. The lowest BCUT2D eigenvalue weighted by Crippen LogP contribution is -2.29. The van der Waals surface area contributed by atoms with Crippen LogP contribution in [0.15, 0.2) is 6.33 Å². The van der Waals surface area contributed by atoms with Gasteiger partial charge in [-0.3, -0.25) is 0 Å². The second-order valence-electron chi connectivity index (χ2n) is 4.30. The fourth-order valence-corrected chi connectivity index (χ4v) is 1.75. The van der Waals surface area contributed by atoms with Gasteiger partial charge < -0.3 is 15.8 Å². The van der Waals surface area contributed by atoms with E-state index < -0.39 is 0 Å². The average Bonchev–Trinajstić information content (AvgIpc) is 2.39. The number of unbranched alkanes of at least 4 members (excludes halogenated alkanes) is 1. The number of hydrogen-bond acceptors (Lipinski definition) is 5. The maximum Gasteiger partial charge on any atom is 0.221 e. The molecule has 0 bridgehead atoms. The van der Waals surface area contributed by atoms with Crippen molar-refractivity contribution in [3.8, 4) is 5.88 Å². The number of rotatable bonds is 8. The van der Waals surface area contributed by atoms with Gasteiger partial charge in [-0.15, -0.1) is 0 Å². The molecule has 0 saturated heterocycles. The van der Waals surface area contributed by atoms with Gasteiger partial charge in [-0.2, -0.15) is 0 Å². The largest absolute Gasteiger partial charge is 0.478 e. The van der Waals surface area contributed by atoms with E-state index in [-0.39, 0.29) is 6.04 Å². The van der Waals surface area contributed by atoms with Gasteiger partial charge in [0.25, 0.3) is 0 Å². The summed E-state index contributed by atoms with van der Waals surface area (Å²) in [6.07, 6.45) is 4.91. The molecule has 0 aliphatic carbocycles. The summed E-state index contributed by atoms with van der Waals surface area (Å²) in [5, 5.41) is 3.37. The minimum absolute atomic E-state index is 0.257. The highest BCUT2D eigenvalue weighted by Crippen LogP contribution is 2.21. The molecule has 18 heavy (non-hydrogen) atoms. The summed E-state index contributed by atoms with van der Waals surface area (Å²) in [6, 6.07) is 0.257. The monoisotopic (exact) mass is 252 g/mol. The maximum absolute atomic E-state index is 5.77. The van der Waals surface area contributed by atoms with E-state index in [9.17, 15) is 0 Å². The van der Waals surface area contributed by atoms with E-state index >= 15 is 0 Å². The van der Waals surface area contributed by atoms with Crippen LogP contribution >= 0.6 is 0 Å². The molecule has 0 aliphatic rings. The summed E-state index contributed by atoms with van der Waals surface area (Å²) in [5.41, 5.74) is 6.71. The van der Waals surface area contributed by atoms with Crippen molar-refractivity contribution in [2.45, 2.75) is 46.1 Å². The summed E-state index contributed by atoms with van der Waals surface area (Å²) in [5.74, 6) is 1.46. The lowest BCUT2D eigenvalue weighted by atomic mass is 10.1. The molecule has 1 atom stereocenters. The summed E-state index contributed by atoms with van der Waals surface area (Å²) in [7, 11) is 0. The molecule has 1 unspecified atom stereocenters. The topological polar surface area (TPSA) is 73.1 Å². The van der Waals surface area contributed by atoms with Crippen molar-refractivity contribution in [1.29, 1.82) is 0 Å². The number of ether oxygens (including phenoxy) is 1. The van der Waals surface area contributed by atoms with Crippen LogP contribution in [-0.2, 0) is 0 Å². The molecule has 0 radical (unpaired) electrons. The lowest BCUT2D eigenvalue weighted by Gasteiger charge is -2.19. The smallest absolute Gasteiger partial charge is 0.221 e. The summed E-state index contributed by atoms with van der Waals surface area (Å²) in [6.45, 7) is 7.29. The highest BCUT2D eigenvalue weighted by Gasteiger charge is 2.12. The summed E-state index contributed by atoms with van der Waals surface area (Å²) >= 11 is 0. The standard InChI is InChI=1S/C13H24N4O/c1-4-6-7-11(8-14)17-12-10(3)13(18-5-2)16-9-15-12/h9,11H,4-8,14H2,1-3H3,(H,15,16,17). The quantitative estimate of drug-likeness (QED) is 0.741. The molecule has 0 fully saturated rings. The highest BCUT2D eigenvalue weighted by atomic mass is 16.5. The Morgan fingerprint density at radius 1 is 1.39 bits per heavy atom. The zero-order valence-electron chi connectivity index (χ0n) is 11.6. The molecule has 102 valence electrons. The van der Waals surface area contributed by atoms with Crippen LogP contribution in [0.3, 0.4) is 0 Å². The Labute approximate surface area is 109 Å². The molecule has 1 aromatic heterocycles. The molecular weight excluding hydrogens is 228 g/mol. The van der Waals surface area contributed by atoms with Crippen LogP contribution in [0.4, 0.5) is 5.82 Å². The lowest BCUT2D eigenvalue weighted by molar-refractivity contribution is 0.323. The zero-order chi connectivity index (χ0) is 13.4. The van der Waals surface area contributed by atoms with Gasteiger partial charge in [0.15, 0.2) is 0 Å². The van der Waals surface area contributed by atoms with Gasteiger partial charge in [-0.1, -0.05) is 19.8 Å². The number of anilines is 1. The predicted octanol–water partition coefficient (Wildman–Crippen LogP) is 2.11. The first kappa shape index (κ1) is 14.7. The van der Waals surface area contributed by atoms with Gasteiger partial charge in [0.2, 0.25) is 5.88 Å². The Balaban J connectivity index is 2.73. The number of aromatic nitrogens is 2. The Kier molecular flexibility index (Phi) is 6.43. The van der Waals surface area contributed by atoms with E-state index in [4.69, 9.17) is 10.5 Å². The number of nitrogens with two attached hydrogens (primary N) is 1. The van der Waals surface area contributed by atoms with Crippen molar-refractivity contribution < 1.29 is 4.74 Å². The SMILES string of the molecule is CCCCC(CN)Nc1ncnc(OCC)c1C. The first-order valence-corrected chi connectivity index (χ1v) is 6.63. The Hall–Kier alpha value is -1.36. The van der Waals surface area contributed by atoms with Gasteiger partial charge in [0.05, 0.1) is 12.2 Å². The van der Waals surface area contributed by atoms with E-state index in [1.54, 1.807) is 0 Å². The molecule has 0 saturated carbocycles. The van der Waals surface area contributed by atoms with Gasteiger partial charge >= 0.3 is 0 Å². The van der Waals surface area contributed by atoms with E-state index in [2.05, 4.69) is 22.2 Å². The third-order valence-corrected chi connectivity index (χ3v) is 2.85. The normalized spacial score (nSPS) is 12.2. The van der Waals surface area contributed by atoms with E-state index in [0.717, 1.165) is 24.2 Å². The summed E-state index contributed by atoms with van der Waals surface area (Å²) < 4.78 is 5.45. The number of nitrogens with zero attached hydrogens (tertiary/aromatic N) is 2. The maximum atomic E-state index is 5.77. The Morgan fingerprint density at radius 3 is 2.78 bits per heavy atom. The molecule has 0 aliphatic heterocycles. The van der Waals surface area contributed by atoms with Crippen LogP contribution in [0.1, 0.15) is 38.7 Å². The minimum Gasteiger partial charge on any atom is -0.478 e. The third-order valence-electron chi connectivity index (χ3n) is 2.85. The fourth-order valence-electron chi connectivity index (χ4n) is 1.75. The van der Waals surface area contributed by atoms with Crippen molar-refractivity contribution in [2.75, 3.05) is 18.5 Å². The van der Waals surface area contributed by atoms with E-state index in [1.807, 2.05) is 13.8 Å². The van der Waals surface area contributed by atoms with E-state index in [1.165, 1.54) is 12.7 Å². The van der Waals surface area contributed by atoms with Crippen LogP contribution in [0.25, 0.3) is 0 Å². The van der Waals surface area contributed by atoms with Crippen molar-refractivity contribution in [1.82, 2.24) is 9.97 Å². The summed E-state index contributed by atoms with van der Waals surface area (Å²) in [4.78, 5) is 8.38. The minimum atomic E-state index is 0.257. The first-order chi connectivity index (χ1) is 8.72. The van der Waals surface area contributed by atoms with E-state index in [0.29, 0.717) is 19.0 Å². The molecule has 0 spiro atoms. The number of hydrogen-bond donors (Lipinski definition) is 2. The van der Waals surface area contributed by atoms with Crippen LogP contribution in [-0.4, -0.2) is 29.2 Å². The molecule has 5 nitrogen and oxygen atoms in total. The second-order valence-corrected chi connectivity index (χ2v) is 4.30. The fraction of sp³-hybridized carbons (Fsp3) is 0.692. The van der Waals surface area contributed by atoms with Gasteiger partial charge in [-0.05, 0) is 20.3 Å². The van der Waals surface area contributed by atoms with Gasteiger partial charge in [0.1, 0.15) is 12.1 Å². The molecule has 1 heterocycles. The molecule has 5 heteroatoms. The molecule has 0 amide bonds. The van der Waals surface area contributed by atoms with Crippen molar-refractivity contribution in [3.63, 3.8) is 0 Å². The number of nitrogens with one attached hydrogen (secondary N) is 1. The molecule has 1 aromatic rings. The average molecular weight is 252 g/mol.